The van der Waals surface area contributed by atoms with Crippen molar-refractivity contribution in [1.29, 1.82) is 0 Å². The lowest BCUT2D eigenvalue weighted by atomic mass is 10.2. The van der Waals surface area contributed by atoms with Crippen LogP contribution in [0.4, 0.5) is 5.13 Å². The summed E-state index contributed by atoms with van der Waals surface area (Å²) >= 11 is 6.01. The van der Waals surface area contributed by atoms with Crippen molar-refractivity contribution in [3.63, 3.8) is 0 Å². The first kappa shape index (κ1) is 18.9. The van der Waals surface area contributed by atoms with Gasteiger partial charge in [0, 0.05) is 23.6 Å². The van der Waals surface area contributed by atoms with E-state index < -0.39 is 0 Å². The fraction of sp³-hybridized carbons (Fsp3) is 0.0500. The Kier molecular flexibility index (Phi) is 5.61. The van der Waals surface area contributed by atoms with Crippen LogP contribution in [0.3, 0.4) is 0 Å². The summed E-state index contributed by atoms with van der Waals surface area (Å²) in [5, 5.41) is 3.14. The van der Waals surface area contributed by atoms with E-state index in [1.165, 1.54) is 23.1 Å². The highest BCUT2D eigenvalue weighted by Crippen LogP contribution is 2.36. The SMILES string of the molecule is C=CCN1C(=O)/C(=C\c2ccc(Br)o2)S/C1=N/c1nc(-c2ccccc2)cs1. The molecule has 0 radical (unpaired) electrons. The summed E-state index contributed by atoms with van der Waals surface area (Å²) in [5.74, 6) is 0.471. The molecule has 4 rings (SSSR count). The minimum Gasteiger partial charge on any atom is -0.450 e. The number of amidine groups is 1. The number of thioether (sulfide) groups is 1. The summed E-state index contributed by atoms with van der Waals surface area (Å²) in [6.45, 7) is 4.12. The number of rotatable bonds is 5. The maximum Gasteiger partial charge on any atom is 0.267 e. The number of aromatic nitrogens is 1. The first-order valence-corrected chi connectivity index (χ1v) is 10.8. The molecule has 0 unspecified atom stereocenters. The second kappa shape index (κ2) is 8.30. The van der Waals surface area contributed by atoms with Crippen molar-refractivity contribution in [2.24, 2.45) is 4.99 Å². The van der Waals surface area contributed by atoms with Crippen LogP contribution in [0.15, 0.2) is 79.5 Å². The molecule has 2 aromatic heterocycles. The minimum atomic E-state index is -0.129. The number of hydrogen-bond acceptors (Lipinski definition) is 6. The summed E-state index contributed by atoms with van der Waals surface area (Å²) in [4.78, 5) is 24.1. The van der Waals surface area contributed by atoms with E-state index in [9.17, 15) is 4.79 Å². The predicted molar refractivity (Wildman–Crippen MR) is 119 cm³/mol. The topological polar surface area (TPSA) is 58.7 Å². The zero-order chi connectivity index (χ0) is 19.5. The van der Waals surface area contributed by atoms with E-state index in [1.54, 1.807) is 29.2 Å². The molecule has 0 N–H and O–H groups in total. The Morgan fingerprint density at radius 3 is 2.79 bits per heavy atom. The number of aliphatic imine (C=N–C) groups is 1. The van der Waals surface area contributed by atoms with Gasteiger partial charge in [-0.2, -0.15) is 4.99 Å². The average Bonchev–Trinajstić information content (AvgIpc) is 3.40. The smallest absolute Gasteiger partial charge is 0.267 e. The molecule has 0 bridgehead atoms. The lowest BCUT2D eigenvalue weighted by Crippen LogP contribution is -2.29. The van der Waals surface area contributed by atoms with Crippen molar-refractivity contribution < 1.29 is 9.21 Å². The molecule has 1 aromatic carbocycles. The number of carbonyl (C=O) groups excluding carboxylic acids is 1. The van der Waals surface area contributed by atoms with Crippen molar-refractivity contribution in [1.82, 2.24) is 9.88 Å². The van der Waals surface area contributed by atoms with Gasteiger partial charge in [-0.1, -0.05) is 36.4 Å². The maximum atomic E-state index is 12.8. The van der Waals surface area contributed by atoms with E-state index in [0.717, 1.165) is 11.3 Å². The van der Waals surface area contributed by atoms with E-state index in [2.05, 4.69) is 32.5 Å². The molecular formula is C20H14BrN3O2S2. The van der Waals surface area contributed by atoms with Gasteiger partial charge in [0.15, 0.2) is 9.84 Å². The van der Waals surface area contributed by atoms with Crippen LogP contribution in [0.25, 0.3) is 17.3 Å². The Labute approximate surface area is 178 Å². The van der Waals surface area contributed by atoms with Gasteiger partial charge in [-0.05, 0) is 39.8 Å². The maximum absolute atomic E-state index is 12.8. The molecule has 0 aliphatic carbocycles. The Morgan fingerprint density at radius 2 is 2.07 bits per heavy atom. The molecule has 28 heavy (non-hydrogen) atoms. The Bertz CT molecular complexity index is 1090. The first-order valence-electron chi connectivity index (χ1n) is 8.31. The van der Waals surface area contributed by atoms with E-state index in [0.29, 0.717) is 32.2 Å². The number of nitrogens with zero attached hydrogens (tertiary/aromatic N) is 3. The summed E-state index contributed by atoms with van der Waals surface area (Å²) in [5.41, 5.74) is 1.90. The van der Waals surface area contributed by atoms with Crippen molar-refractivity contribution in [2.75, 3.05) is 6.54 Å². The van der Waals surface area contributed by atoms with E-state index in [4.69, 9.17) is 4.42 Å². The minimum absolute atomic E-state index is 0.129. The van der Waals surface area contributed by atoms with Gasteiger partial charge in [-0.15, -0.1) is 17.9 Å². The molecule has 0 atom stereocenters. The Balaban J connectivity index is 1.64. The molecule has 8 heteroatoms. The molecule has 1 aliphatic rings. The van der Waals surface area contributed by atoms with Gasteiger partial charge in [-0.25, -0.2) is 4.98 Å². The van der Waals surface area contributed by atoms with Crippen LogP contribution in [0.2, 0.25) is 0 Å². The monoisotopic (exact) mass is 471 g/mol. The van der Waals surface area contributed by atoms with Crippen molar-refractivity contribution in [3.8, 4) is 11.3 Å². The normalized spacial score (nSPS) is 17.0. The molecule has 3 heterocycles. The van der Waals surface area contributed by atoms with Crippen LogP contribution in [0, 0.1) is 0 Å². The second-order valence-electron chi connectivity index (χ2n) is 5.73. The number of amides is 1. The van der Waals surface area contributed by atoms with Crippen LogP contribution in [0.1, 0.15) is 5.76 Å². The van der Waals surface area contributed by atoms with Crippen molar-refractivity contribution in [3.05, 3.63) is 75.8 Å². The highest BCUT2D eigenvalue weighted by Gasteiger charge is 2.33. The number of hydrogen-bond donors (Lipinski definition) is 0. The molecule has 5 nitrogen and oxygen atoms in total. The zero-order valence-corrected chi connectivity index (χ0v) is 17.8. The fourth-order valence-corrected chi connectivity index (χ4v) is 4.60. The van der Waals surface area contributed by atoms with Gasteiger partial charge < -0.3 is 4.42 Å². The lowest BCUT2D eigenvalue weighted by molar-refractivity contribution is -0.121. The van der Waals surface area contributed by atoms with Crippen LogP contribution >= 0.6 is 39.0 Å². The van der Waals surface area contributed by atoms with Crippen molar-refractivity contribution in [2.45, 2.75) is 0 Å². The molecule has 140 valence electrons. The second-order valence-corrected chi connectivity index (χ2v) is 8.36. The molecular weight excluding hydrogens is 458 g/mol. The van der Waals surface area contributed by atoms with Crippen LogP contribution in [-0.2, 0) is 4.79 Å². The highest BCUT2D eigenvalue weighted by molar-refractivity contribution is 9.10. The third kappa shape index (κ3) is 4.04. The fourth-order valence-electron chi connectivity index (χ4n) is 2.56. The van der Waals surface area contributed by atoms with Gasteiger partial charge in [-0.3, -0.25) is 9.69 Å². The number of carbonyl (C=O) groups is 1. The quantitative estimate of drug-likeness (QED) is 0.340. The van der Waals surface area contributed by atoms with E-state index in [-0.39, 0.29) is 5.91 Å². The van der Waals surface area contributed by atoms with Gasteiger partial charge in [0.2, 0.25) is 5.13 Å². The molecule has 0 saturated carbocycles. The predicted octanol–water partition coefficient (Wildman–Crippen LogP) is 5.96. The van der Waals surface area contributed by atoms with Crippen LogP contribution in [0.5, 0.6) is 0 Å². The van der Waals surface area contributed by atoms with Gasteiger partial charge >= 0.3 is 0 Å². The number of halogens is 1. The Morgan fingerprint density at radius 1 is 1.25 bits per heavy atom. The molecule has 3 aromatic rings. The molecule has 1 aliphatic heterocycles. The molecule has 1 saturated heterocycles. The third-order valence-electron chi connectivity index (χ3n) is 3.82. The van der Waals surface area contributed by atoms with E-state index in [1.807, 2.05) is 35.7 Å². The summed E-state index contributed by atoms with van der Waals surface area (Å²) in [6, 6.07) is 13.5. The average molecular weight is 472 g/mol. The molecule has 1 amide bonds. The summed E-state index contributed by atoms with van der Waals surface area (Å²) in [7, 11) is 0. The third-order valence-corrected chi connectivity index (χ3v) is 5.99. The lowest BCUT2D eigenvalue weighted by Gasteiger charge is -2.11. The molecule has 1 fully saturated rings. The largest absolute Gasteiger partial charge is 0.450 e. The van der Waals surface area contributed by atoms with Crippen molar-refractivity contribution >= 4 is 61.3 Å². The number of furan rings is 1. The summed E-state index contributed by atoms with van der Waals surface area (Å²) in [6.07, 6.45) is 3.39. The number of benzene rings is 1. The van der Waals surface area contributed by atoms with E-state index >= 15 is 0 Å². The highest BCUT2D eigenvalue weighted by atomic mass is 79.9. The molecule has 0 spiro atoms. The zero-order valence-electron chi connectivity index (χ0n) is 14.5. The van der Waals surface area contributed by atoms with Crippen LogP contribution < -0.4 is 0 Å². The Hall–Kier alpha value is -2.42. The number of thiazole rings is 1. The summed E-state index contributed by atoms with van der Waals surface area (Å²) < 4.78 is 6.09. The first-order chi connectivity index (χ1) is 13.6. The van der Waals surface area contributed by atoms with Gasteiger partial charge in [0.1, 0.15) is 5.76 Å². The standard InChI is InChI=1S/C20H14BrN3O2S2/c1-2-10-24-18(25)16(11-14-8-9-17(21)26-14)28-20(24)23-19-22-15(12-27-19)13-6-4-3-5-7-13/h2-9,11-12H,1,10H2/b16-11+,23-20+. The van der Waals surface area contributed by atoms with Gasteiger partial charge in [0.25, 0.3) is 5.91 Å². The van der Waals surface area contributed by atoms with Crippen LogP contribution in [-0.4, -0.2) is 27.5 Å². The van der Waals surface area contributed by atoms with Gasteiger partial charge in [0.05, 0.1) is 10.6 Å².